The van der Waals surface area contributed by atoms with E-state index in [4.69, 9.17) is 5.73 Å². The molecule has 2 aromatic rings. The van der Waals surface area contributed by atoms with Crippen LogP contribution in [0.3, 0.4) is 0 Å². The zero-order valence-electron chi connectivity index (χ0n) is 18.2. The van der Waals surface area contributed by atoms with E-state index in [9.17, 15) is 32.3 Å². The fraction of sp³-hybridized carbons (Fsp3) is 0.500. The third kappa shape index (κ3) is 5.68. The summed E-state index contributed by atoms with van der Waals surface area (Å²) in [5, 5.41) is 0. The van der Waals surface area contributed by atoms with Crippen LogP contribution in [0.5, 0.6) is 0 Å². The van der Waals surface area contributed by atoms with Gasteiger partial charge in [-0.2, -0.15) is 13.2 Å². The van der Waals surface area contributed by atoms with E-state index >= 15 is 0 Å². The van der Waals surface area contributed by atoms with Gasteiger partial charge in [0.2, 0.25) is 5.91 Å². The molecule has 32 heavy (non-hydrogen) atoms. The maximum absolute atomic E-state index is 13.1. The number of nitrogens with one attached hydrogen (secondary N) is 1. The average Bonchev–Trinajstić information content (AvgIpc) is 2.64. The van der Waals surface area contributed by atoms with Crippen molar-refractivity contribution in [2.45, 2.75) is 47.0 Å². The van der Waals surface area contributed by atoms with Crippen LogP contribution < -0.4 is 27.4 Å². The minimum absolute atomic E-state index is 0.00770. The number of carbonyl (C=O) groups excluding carboxylic acids is 1. The molecule has 0 bridgehead atoms. The number of aromatic amines is 1. The van der Waals surface area contributed by atoms with Crippen LogP contribution in [0, 0.1) is 11.8 Å². The van der Waals surface area contributed by atoms with Gasteiger partial charge in [-0.3, -0.25) is 23.9 Å². The number of hydrogen-bond donors (Lipinski definition) is 2. The molecule has 2 rings (SSSR count). The Morgan fingerprint density at radius 1 is 1.12 bits per heavy atom. The Balaban J connectivity index is 2.57. The molecule has 2 aromatic heterocycles. The molecule has 0 unspecified atom stereocenters. The quantitative estimate of drug-likeness (QED) is 0.654. The van der Waals surface area contributed by atoms with Crippen LogP contribution in [-0.4, -0.2) is 26.6 Å². The minimum Gasteiger partial charge on any atom is -0.383 e. The summed E-state index contributed by atoms with van der Waals surface area (Å²) in [5.74, 6) is -1.24. The first-order chi connectivity index (χ1) is 14.7. The molecular weight excluding hydrogens is 431 g/mol. The highest BCUT2D eigenvalue weighted by molar-refractivity contribution is 5.95. The fourth-order valence-corrected chi connectivity index (χ4v) is 3.12. The van der Waals surface area contributed by atoms with Gasteiger partial charge >= 0.3 is 11.9 Å². The van der Waals surface area contributed by atoms with Crippen LogP contribution in [0.4, 0.5) is 24.7 Å². The molecular formula is C20H26F3N5O4. The Morgan fingerprint density at radius 3 is 2.28 bits per heavy atom. The van der Waals surface area contributed by atoms with Crippen LogP contribution in [0.1, 0.15) is 33.3 Å². The van der Waals surface area contributed by atoms with Crippen LogP contribution in [-0.2, 0) is 24.1 Å². The Morgan fingerprint density at radius 2 is 1.75 bits per heavy atom. The molecule has 1 amide bonds. The highest BCUT2D eigenvalue weighted by atomic mass is 19.4. The van der Waals surface area contributed by atoms with Crippen LogP contribution >= 0.6 is 0 Å². The van der Waals surface area contributed by atoms with Crippen molar-refractivity contribution in [3.63, 3.8) is 0 Å². The van der Waals surface area contributed by atoms with Crippen LogP contribution in [0.15, 0.2) is 32.7 Å². The number of aromatic nitrogens is 3. The van der Waals surface area contributed by atoms with Gasteiger partial charge in [0.05, 0.1) is 5.56 Å². The van der Waals surface area contributed by atoms with Crippen molar-refractivity contribution >= 4 is 17.4 Å². The maximum Gasteiger partial charge on any atom is 0.417 e. The maximum atomic E-state index is 13.1. The van der Waals surface area contributed by atoms with Crippen molar-refractivity contribution in [2.24, 2.45) is 11.8 Å². The number of rotatable bonds is 7. The van der Waals surface area contributed by atoms with Gasteiger partial charge in [-0.05, 0) is 17.9 Å². The lowest BCUT2D eigenvalue weighted by Crippen LogP contribution is -2.44. The second-order valence-corrected chi connectivity index (χ2v) is 8.28. The average molecular weight is 457 g/mol. The summed E-state index contributed by atoms with van der Waals surface area (Å²) in [4.78, 5) is 53.0. The summed E-state index contributed by atoms with van der Waals surface area (Å²) in [7, 11) is 0. The molecule has 2 heterocycles. The van der Waals surface area contributed by atoms with Crippen molar-refractivity contribution < 1.29 is 18.0 Å². The largest absolute Gasteiger partial charge is 0.417 e. The van der Waals surface area contributed by atoms with Crippen molar-refractivity contribution in [3.05, 3.63) is 55.1 Å². The van der Waals surface area contributed by atoms with E-state index in [-0.39, 0.29) is 36.4 Å². The van der Waals surface area contributed by atoms with E-state index in [1.807, 2.05) is 13.8 Å². The Kier molecular flexibility index (Phi) is 7.37. The van der Waals surface area contributed by atoms with E-state index in [1.54, 1.807) is 13.8 Å². The van der Waals surface area contributed by atoms with E-state index in [0.717, 1.165) is 9.47 Å². The van der Waals surface area contributed by atoms with Gasteiger partial charge in [-0.1, -0.05) is 27.7 Å². The smallest absolute Gasteiger partial charge is 0.383 e. The van der Waals surface area contributed by atoms with Crippen molar-refractivity contribution in [3.8, 4) is 0 Å². The molecule has 0 aliphatic heterocycles. The van der Waals surface area contributed by atoms with Gasteiger partial charge in [0.15, 0.2) is 5.69 Å². The second-order valence-electron chi connectivity index (χ2n) is 8.28. The number of nitrogens with two attached hydrogens (primary N) is 1. The molecule has 0 saturated carbocycles. The molecule has 0 radical (unpaired) electrons. The molecule has 0 atom stereocenters. The lowest BCUT2D eigenvalue weighted by molar-refractivity contribution is -0.138. The van der Waals surface area contributed by atoms with E-state index in [2.05, 4.69) is 4.98 Å². The second kappa shape index (κ2) is 9.45. The molecule has 3 N–H and O–H groups in total. The number of pyridine rings is 1. The Labute approximate surface area is 181 Å². The summed E-state index contributed by atoms with van der Waals surface area (Å²) in [6, 6.07) is 1.34. The number of nitrogens with zero attached hydrogens (tertiary/aromatic N) is 3. The van der Waals surface area contributed by atoms with Crippen molar-refractivity contribution in [1.29, 1.82) is 0 Å². The van der Waals surface area contributed by atoms with Crippen molar-refractivity contribution in [1.82, 2.24) is 14.1 Å². The molecule has 0 aliphatic rings. The number of carbonyl (C=O) groups is 1. The summed E-state index contributed by atoms with van der Waals surface area (Å²) < 4.78 is 40.8. The SMILES string of the molecule is CC(C)CN(C(=O)Cn1cc(C(F)(F)F)ccc1=O)c1c(N)n(CC(C)C)c(=O)[nH]c1=O. The molecule has 0 aliphatic carbocycles. The first-order valence-corrected chi connectivity index (χ1v) is 9.93. The third-order valence-corrected chi connectivity index (χ3v) is 4.50. The summed E-state index contributed by atoms with van der Waals surface area (Å²) in [5.41, 5.74) is 2.24. The Hall–Kier alpha value is -3.31. The molecule has 176 valence electrons. The van der Waals surface area contributed by atoms with Gasteiger partial charge in [0.1, 0.15) is 12.4 Å². The summed E-state index contributed by atoms with van der Waals surface area (Å²) in [6.07, 6.45) is -4.16. The number of hydrogen-bond acceptors (Lipinski definition) is 5. The predicted octanol–water partition coefficient (Wildman–Crippen LogP) is 1.64. The van der Waals surface area contributed by atoms with E-state index in [1.165, 1.54) is 0 Å². The number of amides is 1. The molecule has 0 fully saturated rings. The van der Waals surface area contributed by atoms with Crippen LogP contribution in [0.25, 0.3) is 0 Å². The number of nitrogen functional groups attached to an aromatic ring is 1. The topological polar surface area (TPSA) is 123 Å². The monoisotopic (exact) mass is 457 g/mol. The highest BCUT2D eigenvalue weighted by Gasteiger charge is 2.32. The summed E-state index contributed by atoms with van der Waals surface area (Å²) >= 11 is 0. The third-order valence-electron chi connectivity index (χ3n) is 4.50. The van der Waals surface area contributed by atoms with Gasteiger partial charge < -0.3 is 15.2 Å². The lowest BCUT2D eigenvalue weighted by Gasteiger charge is -2.26. The zero-order chi connectivity index (χ0) is 24.4. The zero-order valence-corrected chi connectivity index (χ0v) is 18.2. The van der Waals surface area contributed by atoms with Gasteiger partial charge in [-0.15, -0.1) is 0 Å². The molecule has 0 spiro atoms. The van der Waals surface area contributed by atoms with E-state index in [0.29, 0.717) is 22.9 Å². The number of halogens is 3. The normalized spacial score (nSPS) is 11.9. The number of anilines is 2. The predicted molar refractivity (Wildman–Crippen MR) is 113 cm³/mol. The van der Waals surface area contributed by atoms with E-state index < -0.39 is 41.0 Å². The van der Waals surface area contributed by atoms with Gasteiger partial charge in [0.25, 0.3) is 11.1 Å². The molecule has 0 saturated heterocycles. The lowest BCUT2D eigenvalue weighted by atomic mass is 10.2. The molecule has 9 nitrogen and oxygen atoms in total. The van der Waals surface area contributed by atoms with Crippen molar-refractivity contribution in [2.75, 3.05) is 17.2 Å². The first kappa shape index (κ1) is 25.0. The van der Waals surface area contributed by atoms with Gasteiger partial charge in [-0.25, -0.2) is 4.79 Å². The highest BCUT2D eigenvalue weighted by Crippen LogP contribution is 2.28. The minimum atomic E-state index is -4.70. The first-order valence-electron chi connectivity index (χ1n) is 9.93. The summed E-state index contributed by atoms with van der Waals surface area (Å²) in [6.45, 7) is 6.57. The number of alkyl halides is 3. The standard InChI is InChI=1S/C20H26F3N5O4/c1-11(2)7-27(16-17(24)28(8-12(3)4)19(32)25-18(16)31)15(30)10-26-9-13(20(21,22)23)5-6-14(26)29/h5-6,9,11-12H,7-8,10,24H2,1-4H3,(H,25,31,32). The molecule has 12 heteroatoms. The van der Waals surface area contributed by atoms with Gasteiger partial charge in [0, 0.05) is 25.4 Å². The Bertz CT molecular complexity index is 1160. The molecule has 0 aromatic carbocycles. The van der Waals surface area contributed by atoms with Crippen LogP contribution in [0.2, 0.25) is 0 Å². The number of H-pyrrole nitrogens is 1. The fourth-order valence-electron chi connectivity index (χ4n) is 3.12.